The van der Waals surface area contributed by atoms with Crippen LogP contribution in [0.3, 0.4) is 0 Å². The maximum absolute atomic E-state index is 14.1. The Kier molecular flexibility index (Phi) is 8.72. The van der Waals surface area contributed by atoms with Gasteiger partial charge in [0.05, 0.1) is 30.5 Å². The maximum atomic E-state index is 14.1. The smallest absolute Gasteiger partial charge is 0.315 e. The first-order valence-electron chi connectivity index (χ1n) is 17.5. The van der Waals surface area contributed by atoms with Gasteiger partial charge < -0.3 is 14.6 Å². The molecule has 1 saturated heterocycles. The summed E-state index contributed by atoms with van der Waals surface area (Å²) in [6, 6.07) is 0. The third-order valence-electron chi connectivity index (χ3n) is 13.7. The zero-order valence-corrected chi connectivity index (χ0v) is 28.3. The number of aliphatic carboxylic acids is 1. The zero-order valence-electron chi connectivity index (χ0n) is 27.5. The highest BCUT2D eigenvalue weighted by Crippen LogP contribution is 2.84. The van der Waals surface area contributed by atoms with Gasteiger partial charge in [-0.2, -0.15) is 8.42 Å². The molecule has 0 aromatic heterocycles. The summed E-state index contributed by atoms with van der Waals surface area (Å²) in [4.78, 5) is 29.8. The van der Waals surface area contributed by atoms with Crippen molar-refractivity contribution in [3.8, 4) is 0 Å². The molecule has 5 aliphatic carbocycles. The Morgan fingerprint density at radius 3 is 2.50 bits per heavy atom. The minimum Gasteiger partial charge on any atom is -0.481 e. The molecule has 0 radical (unpaired) electrons. The number of ether oxygens (including phenoxy) is 1. The van der Waals surface area contributed by atoms with E-state index in [9.17, 15) is 23.1 Å². The lowest BCUT2D eigenvalue weighted by Gasteiger charge is -2.60. The molecule has 8 nitrogen and oxygen atoms in total. The summed E-state index contributed by atoms with van der Waals surface area (Å²) in [5.41, 5.74) is -1.76. The van der Waals surface area contributed by atoms with Gasteiger partial charge in [-0.3, -0.25) is 13.9 Å². The fourth-order valence-electron chi connectivity index (χ4n) is 12.1. The molecule has 1 N–H and O–H groups in total. The second-order valence-electron chi connectivity index (χ2n) is 15.8. The molecule has 9 heteroatoms. The maximum Gasteiger partial charge on any atom is 0.315 e. The number of carbonyl (C=O) groups excluding carboxylic acids is 1. The number of hydrogen-bond donors (Lipinski definition) is 1. The lowest BCUT2D eigenvalue weighted by molar-refractivity contribution is -0.197. The summed E-state index contributed by atoms with van der Waals surface area (Å²) in [6.45, 7) is 10.6. The first kappa shape index (κ1) is 32.6. The van der Waals surface area contributed by atoms with E-state index in [4.69, 9.17) is 8.92 Å². The normalized spacial score (nSPS) is 43.5. The van der Waals surface area contributed by atoms with E-state index in [0.717, 1.165) is 50.3 Å². The number of rotatable bonds is 12. The van der Waals surface area contributed by atoms with E-state index >= 15 is 0 Å². The molecule has 0 spiro atoms. The molecule has 6 aliphatic rings. The van der Waals surface area contributed by atoms with Gasteiger partial charge in [0, 0.05) is 18.5 Å². The summed E-state index contributed by atoms with van der Waals surface area (Å²) in [6.07, 6.45) is 14.6. The molecule has 1 aliphatic heterocycles. The van der Waals surface area contributed by atoms with E-state index in [-0.39, 0.29) is 36.6 Å². The minimum absolute atomic E-state index is 0.0280. The van der Waals surface area contributed by atoms with Crippen LogP contribution in [-0.2, 0) is 28.6 Å². The SMILES string of the molecule is CCN(CCOS(C)(=O)=O)C[C@@H]1O[C@@H](C23C[C@@H]4[C@H](C)CC[C@H]4C4(C=O)CC2C=C(C(C)C)[C@]43C(=O)O)CC1C1CCCCC1. The Hall–Kier alpha value is -1.29. The fraction of sp³-hybridized carbons (Fsp3) is 0.886. The van der Waals surface area contributed by atoms with Crippen molar-refractivity contribution < 1.29 is 32.0 Å². The molecule has 6 rings (SSSR count). The van der Waals surface area contributed by atoms with E-state index in [0.29, 0.717) is 43.2 Å². The van der Waals surface area contributed by atoms with Crippen LogP contribution in [0.15, 0.2) is 11.6 Å². The number of allylic oxidation sites excluding steroid dienone is 1. The van der Waals surface area contributed by atoms with Gasteiger partial charge in [-0.25, -0.2) is 0 Å². The third-order valence-corrected chi connectivity index (χ3v) is 14.3. The molecule has 0 aromatic rings. The van der Waals surface area contributed by atoms with Crippen LogP contribution < -0.4 is 0 Å². The van der Waals surface area contributed by atoms with Gasteiger partial charge in [0.15, 0.2) is 0 Å². The van der Waals surface area contributed by atoms with Gasteiger partial charge in [0.2, 0.25) is 0 Å². The Labute approximate surface area is 264 Å². The van der Waals surface area contributed by atoms with Crippen LogP contribution in [0.2, 0.25) is 0 Å². The van der Waals surface area contributed by atoms with E-state index in [1.807, 2.05) is 0 Å². The molecular formula is C35H55NO7S. The van der Waals surface area contributed by atoms with Crippen molar-refractivity contribution in [3.63, 3.8) is 0 Å². The summed E-state index contributed by atoms with van der Waals surface area (Å²) in [5, 5.41) is 11.5. The van der Waals surface area contributed by atoms with Gasteiger partial charge >= 0.3 is 5.97 Å². The Morgan fingerprint density at radius 2 is 1.89 bits per heavy atom. The highest BCUT2D eigenvalue weighted by molar-refractivity contribution is 7.85. The molecule has 10 atom stereocenters. The lowest BCUT2D eigenvalue weighted by Crippen LogP contribution is -2.65. The molecule has 1 heterocycles. The van der Waals surface area contributed by atoms with Crippen LogP contribution in [-0.4, -0.2) is 75.4 Å². The van der Waals surface area contributed by atoms with E-state index in [2.05, 4.69) is 38.7 Å². The number of carboxylic acids is 1. The number of aldehydes is 1. The predicted octanol–water partition coefficient (Wildman–Crippen LogP) is 5.56. The fourth-order valence-corrected chi connectivity index (χ4v) is 12.5. The summed E-state index contributed by atoms with van der Waals surface area (Å²) >= 11 is 0. The molecule has 248 valence electrons. The van der Waals surface area contributed by atoms with Crippen molar-refractivity contribution in [3.05, 3.63) is 11.6 Å². The second kappa shape index (κ2) is 11.7. The van der Waals surface area contributed by atoms with Gasteiger partial charge in [0.1, 0.15) is 11.7 Å². The summed E-state index contributed by atoms with van der Waals surface area (Å²) in [5.74, 6) is 1.05. The Balaban J connectivity index is 1.40. The van der Waals surface area contributed by atoms with Crippen molar-refractivity contribution >= 4 is 22.4 Å². The monoisotopic (exact) mass is 633 g/mol. The number of fused-ring (bicyclic) bond motifs is 2. The van der Waals surface area contributed by atoms with Crippen molar-refractivity contribution in [1.82, 2.24) is 4.90 Å². The molecule has 4 saturated carbocycles. The Bertz CT molecular complexity index is 1260. The van der Waals surface area contributed by atoms with Crippen molar-refractivity contribution in [1.29, 1.82) is 0 Å². The third kappa shape index (κ3) is 4.63. The largest absolute Gasteiger partial charge is 0.481 e. The number of carbonyl (C=O) groups is 2. The molecule has 0 aromatic carbocycles. The van der Waals surface area contributed by atoms with E-state index in [1.165, 1.54) is 32.1 Å². The average molecular weight is 634 g/mol. The van der Waals surface area contributed by atoms with Crippen molar-refractivity contribution in [2.45, 2.75) is 104 Å². The quantitative estimate of drug-likeness (QED) is 0.169. The number of hydrogen-bond acceptors (Lipinski definition) is 7. The van der Waals surface area contributed by atoms with Crippen molar-refractivity contribution in [2.24, 2.45) is 57.7 Å². The lowest BCUT2D eigenvalue weighted by atomic mass is 9.41. The highest BCUT2D eigenvalue weighted by atomic mass is 32.2. The predicted molar refractivity (Wildman–Crippen MR) is 168 cm³/mol. The zero-order chi connectivity index (χ0) is 31.7. The van der Waals surface area contributed by atoms with Crippen LogP contribution >= 0.6 is 0 Å². The van der Waals surface area contributed by atoms with Crippen LogP contribution in [0.25, 0.3) is 0 Å². The van der Waals surface area contributed by atoms with Gasteiger partial charge in [0.25, 0.3) is 10.1 Å². The first-order valence-corrected chi connectivity index (χ1v) is 19.3. The molecule has 4 unspecified atom stereocenters. The van der Waals surface area contributed by atoms with Crippen LogP contribution in [0, 0.1) is 57.7 Å². The van der Waals surface area contributed by atoms with Crippen LogP contribution in [0.1, 0.15) is 91.9 Å². The highest BCUT2D eigenvalue weighted by Gasteiger charge is 2.86. The van der Waals surface area contributed by atoms with Crippen molar-refractivity contribution in [2.75, 3.05) is 32.5 Å². The van der Waals surface area contributed by atoms with Gasteiger partial charge in [-0.05, 0) is 73.7 Å². The molecular weight excluding hydrogens is 578 g/mol. The minimum atomic E-state index is -3.51. The molecule has 4 bridgehead atoms. The van der Waals surface area contributed by atoms with Gasteiger partial charge in [-0.15, -0.1) is 0 Å². The number of nitrogens with zero attached hydrogens (tertiary/aromatic N) is 1. The summed E-state index contributed by atoms with van der Waals surface area (Å²) in [7, 11) is -3.51. The number of likely N-dealkylation sites (N-methyl/N-ethyl adjacent to an activating group) is 1. The van der Waals surface area contributed by atoms with Gasteiger partial charge in [-0.1, -0.05) is 77.9 Å². The van der Waals surface area contributed by atoms with E-state index in [1.54, 1.807) is 0 Å². The Morgan fingerprint density at radius 1 is 1.16 bits per heavy atom. The van der Waals surface area contributed by atoms with Crippen LogP contribution in [0.5, 0.6) is 0 Å². The standard InChI is InChI=1S/C35H55NO7S/c1-6-36(14-15-42-44(5,40)41)20-30-26(24-10-8-7-9-11-24)17-31(43-30)34-19-27-23(4)12-13-28(27)33(21-37)18-25(34)16-29(22(2)3)35(33,34)32(38)39/h16,21-28,30-31H,6-15,17-20H2,1-5H3,(H,38,39)/t23-,25?,26?,27-,28-,30+,31-,33?,34?,35+/m1/s1. The average Bonchev–Trinajstić information content (AvgIpc) is 3.69. The van der Waals surface area contributed by atoms with E-state index < -0.39 is 32.3 Å². The topological polar surface area (TPSA) is 110 Å². The first-order chi connectivity index (χ1) is 20.9. The molecule has 44 heavy (non-hydrogen) atoms. The number of carboxylic acid groups (broad SMARTS) is 1. The molecule has 5 fully saturated rings. The molecule has 0 amide bonds. The second-order valence-corrected chi connectivity index (χ2v) is 17.4. The summed E-state index contributed by atoms with van der Waals surface area (Å²) < 4.78 is 35.7. The van der Waals surface area contributed by atoms with Crippen LogP contribution in [0.4, 0.5) is 0 Å².